The number of pyridine rings is 3. The van der Waals surface area contributed by atoms with Crippen molar-refractivity contribution in [2.75, 3.05) is 0 Å². The van der Waals surface area contributed by atoms with Gasteiger partial charge in [0.2, 0.25) is 0 Å². The van der Waals surface area contributed by atoms with Gasteiger partial charge in [0.05, 0.1) is 0 Å². The summed E-state index contributed by atoms with van der Waals surface area (Å²) in [4.78, 5) is 13.1. The van der Waals surface area contributed by atoms with Gasteiger partial charge in [-0.2, -0.15) is 0 Å². The maximum Gasteiger partial charge on any atom is 3.00 e. The molecule has 7 rings (SSSR count). The second-order valence-electron chi connectivity index (χ2n) is 12.6. The van der Waals surface area contributed by atoms with E-state index >= 15 is 0 Å². The summed E-state index contributed by atoms with van der Waals surface area (Å²) in [5.74, 6) is 0. The van der Waals surface area contributed by atoms with Gasteiger partial charge >= 0.3 is 20.1 Å². The van der Waals surface area contributed by atoms with Gasteiger partial charge < -0.3 is 15.0 Å². The quantitative estimate of drug-likeness (QED) is 0.115. The smallest absolute Gasteiger partial charge is 0.305 e. The van der Waals surface area contributed by atoms with Crippen LogP contribution >= 0.6 is 0 Å². The Morgan fingerprint density at radius 2 is 0.902 bits per heavy atom. The van der Waals surface area contributed by atoms with Crippen molar-refractivity contribution in [2.45, 2.75) is 51.2 Å². The average molecular weight is 847 g/mol. The van der Waals surface area contributed by atoms with E-state index in [1.165, 1.54) is 30.3 Å². The van der Waals surface area contributed by atoms with E-state index in [9.17, 15) is 11.0 Å². The summed E-state index contributed by atoms with van der Waals surface area (Å²) in [6.45, 7) is 4.03. The minimum absolute atomic E-state index is 0. The Kier molecular flexibility index (Phi) is 8.80. The summed E-state index contributed by atoms with van der Waals surface area (Å²) < 4.78 is 74.3. The fourth-order valence-electron chi connectivity index (χ4n) is 5.73. The van der Waals surface area contributed by atoms with Gasteiger partial charge in [-0.05, 0) is 76.6 Å². The molecule has 0 saturated carbocycles. The van der Waals surface area contributed by atoms with Crippen molar-refractivity contribution < 1.29 is 31.1 Å². The maximum absolute atomic E-state index is 9.38. The zero-order valence-electron chi connectivity index (χ0n) is 36.2. The number of rotatable bonds is 12. The third-order valence-corrected chi connectivity index (χ3v) is 8.38. The Labute approximate surface area is 327 Å². The molecule has 0 aliphatic carbocycles. The van der Waals surface area contributed by atoms with Gasteiger partial charge in [0.25, 0.3) is 0 Å². The molecule has 0 saturated heterocycles. The summed E-state index contributed by atoms with van der Waals surface area (Å²) in [5.41, 5.74) is 4.81. The van der Waals surface area contributed by atoms with Crippen molar-refractivity contribution in [3.63, 3.8) is 0 Å². The van der Waals surface area contributed by atoms with Crippen LogP contribution < -0.4 is 0 Å². The summed E-state index contributed by atoms with van der Waals surface area (Å²) in [6, 6.07) is 45.3. The van der Waals surface area contributed by atoms with Gasteiger partial charge in [0.1, 0.15) is 0 Å². The van der Waals surface area contributed by atoms with Gasteiger partial charge in [-0.25, -0.2) is 0 Å². The van der Waals surface area contributed by atoms with Gasteiger partial charge in [0.15, 0.2) is 0 Å². The van der Waals surface area contributed by atoms with Crippen molar-refractivity contribution in [1.82, 2.24) is 15.0 Å². The predicted octanol–water partition coefficient (Wildman–Crippen LogP) is 10.4. The van der Waals surface area contributed by atoms with Crippen LogP contribution in [0, 0.1) is 18.2 Å². The van der Waals surface area contributed by atoms with Crippen LogP contribution in [0.3, 0.4) is 0 Å². The first kappa shape index (κ1) is 26.7. The second-order valence-corrected chi connectivity index (χ2v) is 12.6. The largest absolute Gasteiger partial charge is 3.00 e. The molecular formula is C47H40IrN3. The molecule has 0 amide bonds. The SMILES string of the molecule is [2H]C([2H])(c1c[c-]c(-c2ccccn2)cc1)C([2H])([2H])c1cc(CC(C)(C)c2c[c-]c(-c3ccccn3)cc2)cc(C([2H])([2H])C([2H])([2H])c2c[c-]c(-c3ccccn3)cc2)c1.[Ir+3]. The van der Waals surface area contributed by atoms with E-state index in [0.29, 0.717) is 34.5 Å². The molecule has 7 aromatic rings. The molecule has 0 N–H and O–H groups in total. The second kappa shape index (κ2) is 16.8. The summed E-state index contributed by atoms with van der Waals surface area (Å²) in [5, 5.41) is 0. The normalized spacial score (nSPS) is 14.6. The van der Waals surface area contributed by atoms with E-state index in [1.54, 1.807) is 67.1 Å². The van der Waals surface area contributed by atoms with E-state index < -0.39 is 30.9 Å². The minimum Gasteiger partial charge on any atom is -0.305 e. The van der Waals surface area contributed by atoms with Crippen LogP contribution in [0.15, 0.2) is 146 Å². The molecule has 4 heteroatoms. The first-order chi connectivity index (χ1) is 27.5. The van der Waals surface area contributed by atoms with E-state index in [2.05, 4.69) is 33.2 Å². The average Bonchev–Trinajstić information content (AvgIpc) is 3.24. The first-order valence-corrected chi connectivity index (χ1v) is 16.5. The molecule has 0 atom stereocenters. The van der Waals surface area contributed by atoms with Crippen LogP contribution in [-0.2, 0) is 57.4 Å². The van der Waals surface area contributed by atoms with Crippen molar-refractivity contribution in [2.24, 2.45) is 0 Å². The fourth-order valence-corrected chi connectivity index (χ4v) is 5.73. The van der Waals surface area contributed by atoms with E-state index in [4.69, 9.17) is 0 Å². The first-order valence-electron chi connectivity index (χ1n) is 20.5. The number of hydrogen-bond donors (Lipinski definition) is 0. The van der Waals surface area contributed by atoms with Gasteiger partial charge in [-0.1, -0.05) is 81.2 Å². The number of benzene rings is 4. The Balaban J connectivity index is 0.00000585. The molecule has 3 heterocycles. The van der Waals surface area contributed by atoms with Crippen LogP contribution in [0.2, 0.25) is 0 Å². The Morgan fingerprint density at radius 1 is 0.490 bits per heavy atom. The van der Waals surface area contributed by atoms with Gasteiger partial charge in [0, 0.05) is 29.6 Å². The van der Waals surface area contributed by atoms with E-state index in [1.807, 2.05) is 62.4 Å². The summed E-state index contributed by atoms with van der Waals surface area (Å²) in [7, 11) is 0. The van der Waals surface area contributed by atoms with Gasteiger partial charge in [-0.3, -0.25) is 0 Å². The molecular weight excluding hydrogens is 799 g/mol. The summed E-state index contributed by atoms with van der Waals surface area (Å²) >= 11 is 0. The van der Waals surface area contributed by atoms with E-state index in [0.717, 1.165) is 16.8 Å². The predicted molar refractivity (Wildman–Crippen MR) is 204 cm³/mol. The number of aryl methyl sites for hydroxylation is 4. The van der Waals surface area contributed by atoms with Crippen LogP contribution in [0.5, 0.6) is 0 Å². The fraction of sp³-hybridized carbons (Fsp3) is 0.170. The molecule has 0 unspecified atom stereocenters. The van der Waals surface area contributed by atoms with Crippen molar-refractivity contribution in [3.8, 4) is 33.8 Å². The molecule has 0 bridgehead atoms. The number of nitrogens with zero attached hydrogens (tertiary/aromatic N) is 3. The summed E-state index contributed by atoms with van der Waals surface area (Å²) in [6.07, 6.45) is -5.34. The zero-order valence-corrected chi connectivity index (χ0v) is 30.6. The molecule has 0 radical (unpaired) electrons. The number of aromatic nitrogens is 3. The zero-order chi connectivity index (χ0) is 41.3. The Bertz CT molecular complexity index is 2360. The molecule has 252 valence electrons. The van der Waals surface area contributed by atoms with Crippen LogP contribution in [0.4, 0.5) is 0 Å². The van der Waals surface area contributed by atoms with Gasteiger partial charge in [-0.15, -0.1) is 106 Å². The third-order valence-electron chi connectivity index (χ3n) is 8.38. The molecule has 4 aromatic carbocycles. The van der Waals surface area contributed by atoms with Crippen LogP contribution in [0.1, 0.15) is 58.2 Å². The van der Waals surface area contributed by atoms with Crippen LogP contribution in [0.25, 0.3) is 33.8 Å². The maximum atomic E-state index is 9.38. The molecule has 0 aliphatic rings. The number of hydrogen-bond acceptors (Lipinski definition) is 3. The molecule has 3 nitrogen and oxygen atoms in total. The molecule has 0 fully saturated rings. The Hall–Kier alpha value is -5.02. The molecule has 51 heavy (non-hydrogen) atoms. The molecule has 0 aliphatic heterocycles. The van der Waals surface area contributed by atoms with Crippen molar-refractivity contribution in [3.05, 3.63) is 198 Å². The monoisotopic (exact) mass is 847 g/mol. The van der Waals surface area contributed by atoms with Crippen molar-refractivity contribution >= 4 is 0 Å². The standard InChI is InChI=1S/C47H40N3.Ir/c1-47(2,43-26-24-42(25-27-43)46-11-5-8-30-50-46)34-39-32-37(14-12-35-16-20-40(21-17-35)44-9-3-6-28-48-44)31-38(33-39)15-13-36-18-22-41(23-19-36)45-10-4-7-29-49-45;/h3-11,16-20,22,24,26-33H,12-15,34H2,1-2H3;/q-3;+3/i12D2,13D2,14D2,15D2;. The minimum atomic E-state index is -2.71. The molecule has 3 aromatic heterocycles. The third kappa shape index (κ3) is 9.41. The molecule has 0 spiro atoms. The van der Waals surface area contributed by atoms with Crippen molar-refractivity contribution in [1.29, 1.82) is 0 Å². The Morgan fingerprint density at radius 3 is 1.27 bits per heavy atom. The topological polar surface area (TPSA) is 38.7 Å². The van der Waals surface area contributed by atoms with E-state index in [-0.39, 0.29) is 42.4 Å². The van der Waals surface area contributed by atoms with Crippen LogP contribution in [-0.4, -0.2) is 15.0 Å².